The molecule has 0 aliphatic carbocycles. The van der Waals surface area contributed by atoms with Crippen LogP contribution in [0.4, 0.5) is 10.3 Å². The van der Waals surface area contributed by atoms with Gasteiger partial charge in [-0.2, -0.15) is 4.98 Å². The maximum Gasteiger partial charge on any atom is 0.261 e. The van der Waals surface area contributed by atoms with Gasteiger partial charge in [0, 0.05) is 6.20 Å². The zero-order valence-corrected chi connectivity index (χ0v) is 13.2. The van der Waals surface area contributed by atoms with Crippen molar-refractivity contribution in [1.29, 1.82) is 0 Å². The van der Waals surface area contributed by atoms with Gasteiger partial charge in [-0.25, -0.2) is 4.39 Å². The summed E-state index contributed by atoms with van der Waals surface area (Å²) in [6.45, 7) is 0.326. The van der Waals surface area contributed by atoms with E-state index in [9.17, 15) is 24.5 Å². The summed E-state index contributed by atoms with van der Waals surface area (Å²) in [4.78, 5) is 18.3. The summed E-state index contributed by atoms with van der Waals surface area (Å²) in [6, 6.07) is 1.43. The molecule has 1 fully saturated rings. The molecule has 6 N–H and O–H groups in total. The Balaban J connectivity index is 2.18. The molecule has 9 nitrogen and oxygen atoms in total. The number of nitrogen functional groups attached to an aromatic ring is 1. The number of nitrogens with two attached hydrogens (primary N) is 1. The summed E-state index contributed by atoms with van der Waals surface area (Å²) >= 11 is 0. The number of nitrogens with zero attached hydrogens (tertiary/aromatic N) is 2. The molecule has 0 radical (unpaired) electrons. The lowest BCUT2D eigenvalue weighted by Crippen LogP contribution is -2.47. The first-order valence-corrected chi connectivity index (χ1v) is 7.46. The number of ether oxygens (including phenoxy) is 1. The summed E-state index contributed by atoms with van der Waals surface area (Å²) in [6.07, 6.45) is -3.88. The molecule has 2 aromatic heterocycles. The number of aromatic amines is 1. The van der Waals surface area contributed by atoms with Crippen molar-refractivity contribution in [3.63, 3.8) is 0 Å². The summed E-state index contributed by atoms with van der Waals surface area (Å²) in [5.41, 5.74) is 2.92. The van der Waals surface area contributed by atoms with Crippen LogP contribution in [0, 0.1) is 11.8 Å². The van der Waals surface area contributed by atoms with Crippen molar-refractivity contribution < 1.29 is 24.4 Å². The highest BCUT2D eigenvalue weighted by Gasteiger charge is 2.57. The largest absolute Gasteiger partial charge is 0.391 e. The molecule has 0 amide bonds. The van der Waals surface area contributed by atoms with Crippen LogP contribution in [0.25, 0.3) is 11.0 Å². The van der Waals surface area contributed by atoms with E-state index in [-0.39, 0.29) is 17.0 Å². The van der Waals surface area contributed by atoms with Gasteiger partial charge in [0.05, 0.1) is 11.5 Å². The summed E-state index contributed by atoms with van der Waals surface area (Å²) < 4.78 is 19.3. The average Bonchev–Trinajstić information content (AvgIpc) is 3.06. The van der Waals surface area contributed by atoms with E-state index in [0.717, 1.165) is 0 Å². The van der Waals surface area contributed by atoms with Gasteiger partial charge in [-0.3, -0.25) is 9.78 Å². The fourth-order valence-corrected chi connectivity index (χ4v) is 2.94. The Labute approximate surface area is 140 Å². The molecule has 5 atom stereocenters. The van der Waals surface area contributed by atoms with Gasteiger partial charge >= 0.3 is 0 Å². The Hall–Kier alpha value is -2.45. The van der Waals surface area contributed by atoms with Crippen LogP contribution in [0.5, 0.6) is 0 Å². The number of anilines is 1. The number of fused-ring (bicyclic) bond motifs is 1. The lowest BCUT2D eigenvalue weighted by Gasteiger charge is -2.26. The minimum Gasteiger partial charge on any atom is -0.391 e. The molecular weight excluding hydrogens is 335 g/mol. The van der Waals surface area contributed by atoms with Gasteiger partial charge in [0.25, 0.3) is 5.56 Å². The van der Waals surface area contributed by atoms with Gasteiger partial charge in [0.15, 0.2) is 17.5 Å². The molecular formula is C15H17FN4O5. The Morgan fingerprint density at radius 3 is 3.00 bits per heavy atom. The molecule has 0 bridgehead atoms. The number of aliphatic hydroxyl groups excluding tert-OH is 2. The first-order valence-electron chi connectivity index (χ1n) is 7.46. The predicted molar refractivity (Wildman–Crippen MR) is 85.1 cm³/mol. The van der Waals surface area contributed by atoms with Crippen LogP contribution >= 0.6 is 0 Å². The number of aromatic nitrogens is 3. The van der Waals surface area contributed by atoms with Crippen molar-refractivity contribution in [2.24, 2.45) is 0 Å². The van der Waals surface area contributed by atoms with E-state index < -0.39 is 42.4 Å². The van der Waals surface area contributed by atoms with Crippen molar-refractivity contribution >= 4 is 17.0 Å². The molecule has 2 aromatic rings. The smallest absolute Gasteiger partial charge is 0.261 e. The van der Waals surface area contributed by atoms with Gasteiger partial charge < -0.3 is 30.4 Å². The molecule has 10 heteroatoms. The number of halogens is 1. The van der Waals surface area contributed by atoms with Crippen LogP contribution in [-0.2, 0) is 4.74 Å². The molecule has 1 aliphatic heterocycles. The minimum absolute atomic E-state index is 0.0881. The molecule has 25 heavy (non-hydrogen) atoms. The monoisotopic (exact) mass is 352 g/mol. The summed E-state index contributed by atoms with van der Waals surface area (Å²) in [5.74, 6) is 4.17. The minimum atomic E-state index is -2.22. The van der Waals surface area contributed by atoms with Crippen molar-refractivity contribution in [2.75, 3.05) is 12.4 Å². The fourth-order valence-electron chi connectivity index (χ4n) is 2.94. The lowest BCUT2D eigenvalue weighted by molar-refractivity contribution is -0.0845. The van der Waals surface area contributed by atoms with Gasteiger partial charge in [0.2, 0.25) is 5.95 Å². The molecule has 1 unspecified atom stereocenters. The second-order valence-electron chi connectivity index (χ2n) is 5.81. The fraction of sp³-hybridized carbons (Fsp3) is 0.467. The van der Waals surface area contributed by atoms with Crippen LogP contribution < -0.4 is 11.3 Å². The number of hydrogen-bond donors (Lipinski definition) is 5. The summed E-state index contributed by atoms with van der Waals surface area (Å²) in [7, 11) is 0. The molecule has 134 valence electrons. The Morgan fingerprint density at radius 2 is 2.36 bits per heavy atom. The Kier molecular flexibility index (Phi) is 4.26. The second kappa shape index (κ2) is 6.12. The third-order valence-corrected chi connectivity index (χ3v) is 4.11. The van der Waals surface area contributed by atoms with E-state index in [1.54, 1.807) is 0 Å². The second-order valence-corrected chi connectivity index (χ2v) is 5.81. The first kappa shape index (κ1) is 17.4. The normalized spacial score (nSPS) is 30.2. The SMILES string of the molecule is C[C@@H](O)[C@H]1O[C@@H](n2ccc3c(=O)[nH]c(N)nc32)[C@@](O)(C#CCF)C1O. The first-order chi connectivity index (χ1) is 11.8. The van der Waals surface area contributed by atoms with Gasteiger partial charge in [0.1, 0.15) is 18.9 Å². The van der Waals surface area contributed by atoms with Crippen LogP contribution in [-0.4, -0.2) is 60.4 Å². The molecule has 0 saturated carbocycles. The molecule has 0 spiro atoms. The van der Waals surface area contributed by atoms with Crippen molar-refractivity contribution in [3.05, 3.63) is 22.6 Å². The van der Waals surface area contributed by atoms with E-state index in [1.165, 1.54) is 23.8 Å². The van der Waals surface area contributed by atoms with Gasteiger partial charge in [-0.1, -0.05) is 11.8 Å². The molecule has 0 aromatic carbocycles. The highest BCUT2D eigenvalue weighted by atomic mass is 19.1. The predicted octanol–water partition coefficient (Wildman–Crippen LogP) is -1.35. The number of H-pyrrole nitrogens is 1. The number of aliphatic hydroxyl groups is 3. The third kappa shape index (κ3) is 2.67. The zero-order valence-electron chi connectivity index (χ0n) is 13.2. The molecule has 1 aliphatic rings. The molecule has 3 rings (SSSR count). The standard InChI is InChI=1S/C15H17FN4O5/c1-7(21)9-10(22)15(24,4-2-5-16)13(25-9)20-6-3-8-11(20)18-14(17)19-12(8)23/h3,6-7,9-10,13,21-22,24H,5H2,1H3,(H3,17,18,19,23)/t7-,9-,10?,13-,15-/m1/s1. The van der Waals surface area contributed by atoms with Crippen molar-refractivity contribution in [3.8, 4) is 11.8 Å². The van der Waals surface area contributed by atoms with Gasteiger partial charge in [-0.05, 0) is 13.0 Å². The quantitative estimate of drug-likeness (QED) is 0.420. The van der Waals surface area contributed by atoms with Gasteiger partial charge in [-0.15, -0.1) is 0 Å². The van der Waals surface area contributed by atoms with E-state index >= 15 is 0 Å². The number of hydrogen-bond acceptors (Lipinski definition) is 7. The van der Waals surface area contributed by atoms with E-state index in [1.807, 2.05) is 0 Å². The number of nitrogens with one attached hydrogen (secondary N) is 1. The Bertz CT molecular complexity index is 914. The van der Waals surface area contributed by atoms with E-state index in [0.29, 0.717) is 0 Å². The Morgan fingerprint density at radius 1 is 1.64 bits per heavy atom. The van der Waals surface area contributed by atoms with Crippen molar-refractivity contribution in [1.82, 2.24) is 14.5 Å². The third-order valence-electron chi connectivity index (χ3n) is 4.11. The highest BCUT2D eigenvalue weighted by molar-refractivity contribution is 5.76. The van der Waals surface area contributed by atoms with Crippen LogP contribution in [0.3, 0.4) is 0 Å². The van der Waals surface area contributed by atoms with Crippen LogP contribution in [0.1, 0.15) is 13.2 Å². The van der Waals surface area contributed by atoms with Crippen LogP contribution in [0.2, 0.25) is 0 Å². The maximum absolute atomic E-state index is 12.5. The molecule has 3 heterocycles. The maximum atomic E-state index is 12.5. The topological polar surface area (TPSA) is 147 Å². The van der Waals surface area contributed by atoms with Crippen molar-refractivity contribution in [2.45, 2.75) is 37.1 Å². The van der Waals surface area contributed by atoms with E-state index in [4.69, 9.17) is 10.5 Å². The average molecular weight is 352 g/mol. The molecule has 1 saturated heterocycles. The highest BCUT2D eigenvalue weighted by Crippen LogP contribution is 2.40. The summed E-state index contributed by atoms with van der Waals surface area (Å²) in [5, 5.41) is 31.2. The van der Waals surface area contributed by atoms with E-state index in [2.05, 4.69) is 21.8 Å². The van der Waals surface area contributed by atoms with Crippen LogP contribution in [0.15, 0.2) is 17.1 Å². The number of alkyl halides is 1. The number of rotatable bonds is 2. The zero-order chi connectivity index (χ0) is 18.4. The lowest BCUT2D eigenvalue weighted by atomic mass is 9.92.